The minimum absolute atomic E-state index is 0.430. The second-order valence-electron chi connectivity index (χ2n) is 5.73. The molecule has 1 unspecified atom stereocenters. The molecule has 0 aliphatic carbocycles. The summed E-state index contributed by atoms with van der Waals surface area (Å²) in [6, 6.07) is 0. The zero-order valence-electron chi connectivity index (χ0n) is 12.0. The van der Waals surface area contributed by atoms with E-state index in [9.17, 15) is 4.79 Å². The van der Waals surface area contributed by atoms with Crippen LogP contribution >= 0.6 is 0 Å². The number of hydrogen-bond donors (Lipinski definition) is 2. The van der Waals surface area contributed by atoms with Gasteiger partial charge in [-0.25, -0.2) is 9.78 Å². The monoisotopic (exact) mass is 253 g/mol. The Morgan fingerprint density at radius 1 is 1.44 bits per heavy atom. The third-order valence-electron chi connectivity index (χ3n) is 2.71. The number of aryl methyl sites for hydroxylation is 1. The summed E-state index contributed by atoms with van der Waals surface area (Å²) in [5.74, 6) is 0.744. The number of carbonyl (C=O) groups excluding carboxylic acids is 1. The van der Waals surface area contributed by atoms with E-state index >= 15 is 0 Å². The van der Waals surface area contributed by atoms with Gasteiger partial charge in [-0.15, -0.1) is 0 Å². The molecule has 1 amide bonds. The van der Waals surface area contributed by atoms with Crippen molar-refractivity contribution in [3.8, 4) is 0 Å². The summed E-state index contributed by atoms with van der Waals surface area (Å²) in [6.07, 6.45) is 2.04. The maximum absolute atomic E-state index is 11.8. The first-order valence-corrected chi connectivity index (χ1v) is 6.19. The third kappa shape index (κ3) is 3.75. The van der Waals surface area contributed by atoms with E-state index < -0.39 is 17.2 Å². The average Bonchev–Trinajstić information content (AvgIpc) is 2.62. The predicted molar refractivity (Wildman–Crippen MR) is 70.3 cm³/mol. The van der Waals surface area contributed by atoms with Gasteiger partial charge in [0.25, 0.3) is 0 Å². The van der Waals surface area contributed by atoms with Crippen molar-refractivity contribution in [3.63, 3.8) is 0 Å². The first kappa shape index (κ1) is 14.5. The Labute approximate surface area is 108 Å². The van der Waals surface area contributed by atoms with Crippen molar-refractivity contribution in [2.24, 2.45) is 0 Å². The van der Waals surface area contributed by atoms with E-state index in [0.29, 0.717) is 0 Å². The molecule has 0 aliphatic heterocycles. The normalized spacial score (nSPS) is 15.0. The number of hydrogen-bond acceptors (Lipinski definition) is 3. The van der Waals surface area contributed by atoms with Gasteiger partial charge in [-0.1, -0.05) is 6.92 Å². The zero-order chi connectivity index (χ0) is 14.0. The molecule has 5 heteroatoms. The van der Waals surface area contributed by atoms with E-state index in [-0.39, 0.29) is 0 Å². The van der Waals surface area contributed by atoms with E-state index in [2.05, 4.69) is 15.3 Å². The number of alkyl carbamates (subject to hydrolysis) is 1. The Kier molecular flexibility index (Phi) is 4.04. The van der Waals surface area contributed by atoms with Crippen LogP contribution in [-0.4, -0.2) is 21.7 Å². The lowest BCUT2D eigenvalue weighted by Crippen LogP contribution is -2.46. The highest BCUT2D eigenvalue weighted by molar-refractivity contribution is 5.68. The van der Waals surface area contributed by atoms with Crippen molar-refractivity contribution in [1.82, 2.24) is 15.3 Å². The van der Waals surface area contributed by atoms with Gasteiger partial charge in [-0.05, 0) is 41.0 Å². The molecule has 0 spiro atoms. The highest BCUT2D eigenvalue weighted by Crippen LogP contribution is 2.22. The highest BCUT2D eigenvalue weighted by atomic mass is 16.6. The van der Waals surface area contributed by atoms with E-state index in [4.69, 9.17) is 4.74 Å². The molecule has 0 aromatic carbocycles. The Morgan fingerprint density at radius 3 is 2.44 bits per heavy atom. The lowest BCUT2D eigenvalue weighted by atomic mass is 9.98. The smallest absolute Gasteiger partial charge is 0.408 e. The number of amides is 1. The number of H-pyrrole nitrogens is 1. The SMILES string of the molecule is CCC(C)(NC(=O)OC(C)(C)C)c1ncc(C)[nH]1. The highest BCUT2D eigenvalue weighted by Gasteiger charge is 2.31. The average molecular weight is 253 g/mol. The molecule has 1 heterocycles. The van der Waals surface area contributed by atoms with E-state index in [1.807, 2.05) is 41.5 Å². The molecule has 5 nitrogen and oxygen atoms in total. The summed E-state index contributed by atoms with van der Waals surface area (Å²) in [6.45, 7) is 11.4. The lowest BCUT2D eigenvalue weighted by molar-refractivity contribution is 0.0453. The van der Waals surface area contributed by atoms with Gasteiger partial charge in [0.15, 0.2) is 0 Å². The summed E-state index contributed by atoms with van der Waals surface area (Å²) >= 11 is 0. The molecule has 1 atom stereocenters. The number of imidazole rings is 1. The number of aromatic amines is 1. The van der Waals surface area contributed by atoms with Crippen LogP contribution in [0.5, 0.6) is 0 Å². The van der Waals surface area contributed by atoms with Crippen LogP contribution < -0.4 is 5.32 Å². The van der Waals surface area contributed by atoms with Crippen LogP contribution in [0.25, 0.3) is 0 Å². The summed E-state index contributed by atoms with van der Waals surface area (Å²) in [5.41, 5.74) is -0.0790. The molecule has 0 saturated heterocycles. The number of carbonyl (C=O) groups is 1. The molecule has 0 radical (unpaired) electrons. The van der Waals surface area contributed by atoms with E-state index in [0.717, 1.165) is 17.9 Å². The third-order valence-corrected chi connectivity index (χ3v) is 2.71. The summed E-state index contributed by atoms with van der Waals surface area (Å²) in [4.78, 5) is 19.3. The maximum atomic E-state index is 11.8. The number of nitrogens with zero attached hydrogens (tertiary/aromatic N) is 1. The summed E-state index contributed by atoms with van der Waals surface area (Å²) in [7, 11) is 0. The molecule has 18 heavy (non-hydrogen) atoms. The van der Waals surface area contributed by atoms with Crippen LogP contribution in [0.2, 0.25) is 0 Å². The molecule has 0 aliphatic rings. The fourth-order valence-electron chi connectivity index (χ4n) is 1.54. The topological polar surface area (TPSA) is 67.0 Å². The zero-order valence-corrected chi connectivity index (χ0v) is 12.0. The predicted octanol–water partition coefficient (Wildman–Crippen LogP) is 2.87. The van der Waals surface area contributed by atoms with Crippen LogP contribution in [0.4, 0.5) is 4.79 Å². The Bertz CT molecular complexity index is 420. The van der Waals surface area contributed by atoms with Gasteiger partial charge in [-0.2, -0.15) is 0 Å². The number of nitrogens with one attached hydrogen (secondary N) is 2. The summed E-state index contributed by atoms with van der Waals surface area (Å²) in [5, 5.41) is 2.87. The molecule has 0 saturated carbocycles. The first-order chi connectivity index (χ1) is 8.16. The quantitative estimate of drug-likeness (QED) is 0.870. The van der Waals surface area contributed by atoms with Crippen LogP contribution in [0.1, 0.15) is 52.6 Å². The molecular weight excluding hydrogens is 230 g/mol. The van der Waals surface area contributed by atoms with Crippen LogP contribution in [0.3, 0.4) is 0 Å². The Balaban J connectivity index is 2.81. The largest absolute Gasteiger partial charge is 0.444 e. The van der Waals surface area contributed by atoms with E-state index in [1.165, 1.54) is 0 Å². The van der Waals surface area contributed by atoms with Crippen molar-refractivity contribution < 1.29 is 9.53 Å². The molecular formula is C13H23N3O2. The van der Waals surface area contributed by atoms with Crippen molar-refractivity contribution in [2.45, 2.75) is 59.1 Å². The Morgan fingerprint density at radius 2 is 2.06 bits per heavy atom. The van der Waals surface area contributed by atoms with Crippen molar-refractivity contribution >= 4 is 6.09 Å². The molecule has 102 valence electrons. The maximum Gasteiger partial charge on any atom is 0.408 e. The van der Waals surface area contributed by atoms with Crippen LogP contribution in [0.15, 0.2) is 6.20 Å². The van der Waals surface area contributed by atoms with Crippen molar-refractivity contribution in [2.75, 3.05) is 0 Å². The van der Waals surface area contributed by atoms with Gasteiger partial charge in [0.2, 0.25) is 0 Å². The number of rotatable bonds is 3. The Hall–Kier alpha value is -1.52. The van der Waals surface area contributed by atoms with Crippen molar-refractivity contribution in [3.05, 3.63) is 17.7 Å². The minimum Gasteiger partial charge on any atom is -0.444 e. The first-order valence-electron chi connectivity index (χ1n) is 6.19. The fourth-order valence-corrected chi connectivity index (χ4v) is 1.54. The van der Waals surface area contributed by atoms with Gasteiger partial charge >= 0.3 is 6.09 Å². The van der Waals surface area contributed by atoms with Gasteiger partial charge in [0.05, 0.1) is 5.54 Å². The van der Waals surface area contributed by atoms with Gasteiger partial charge in [-0.3, -0.25) is 0 Å². The molecule has 1 aromatic heterocycles. The molecule has 2 N–H and O–H groups in total. The fraction of sp³-hybridized carbons (Fsp3) is 0.692. The second-order valence-corrected chi connectivity index (χ2v) is 5.73. The minimum atomic E-state index is -0.545. The molecule has 0 fully saturated rings. The van der Waals surface area contributed by atoms with Gasteiger partial charge in [0, 0.05) is 11.9 Å². The standard InChI is InChI=1S/C13H23N3O2/c1-7-13(6,10-14-8-9(2)15-10)16-11(17)18-12(3,4)5/h8H,7H2,1-6H3,(H,14,15)(H,16,17). The summed E-state index contributed by atoms with van der Waals surface area (Å²) < 4.78 is 5.27. The molecule has 1 rings (SSSR count). The molecule has 0 bridgehead atoms. The van der Waals surface area contributed by atoms with Crippen LogP contribution in [0, 0.1) is 6.92 Å². The second kappa shape index (κ2) is 5.00. The molecule has 1 aromatic rings. The van der Waals surface area contributed by atoms with E-state index in [1.54, 1.807) is 6.20 Å². The van der Waals surface area contributed by atoms with Crippen LogP contribution in [-0.2, 0) is 10.3 Å². The van der Waals surface area contributed by atoms with Gasteiger partial charge < -0.3 is 15.0 Å². The number of ether oxygens (including phenoxy) is 1. The van der Waals surface area contributed by atoms with Crippen molar-refractivity contribution in [1.29, 1.82) is 0 Å². The lowest BCUT2D eigenvalue weighted by Gasteiger charge is -2.29. The van der Waals surface area contributed by atoms with Gasteiger partial charge in [0.1, 0.15) is 11.4 Å². The number of aromatic nitrogens is 2.